The number of piperidine rings is 1. The van der Waals surface area contributed by atoms with Crippen LogP contribution in [0, 0.1) is 6.92 Å². The van der Waals surface area contributed by atoms with Gasteiger partial charge in [0.1, 0.15) is 11.6 Å². The van der Waals surface area contributed by atoms with Gasteiger partial charge in [-0.2, -0.15) is 0 Å². The van der Waals surface area contributed by atoms with Gasteiger partial charge in [0.25, 0.3) is 0 Å². The molecule has 1 atom stereocenters. The van der Waals surface area contributed by atoms with Gasteiger partial charge in [-0.3, -0.25) is 9.88 Å². The predicted octanol–water partition coefficient (Wildman–Crippen LogP) is 3.79. The fraction of sp³-hybridized carbons (Fsp3) is 0.571. The number of aromatic nitrogens is 3. The molecule has 140 valence electrons. The average Bonchev–Trinajstić information content (AvgIpc) is 2.66. The van der Waals surface area contributed by atoms with Crippen molar-refractivity contribution in [3.8, 4) is 0 Å². The Kier molecular flexibility index (Phi) is 6.20. The van der Waals surface area contributed by atoms with Crippen molar-refractivity contribution < 1.29 is 0 Å². The van der Waals surface area contributed by atoms with E-state index in [9.17, 15) is 0 Å². The van der Waals surface area contributed by atoms with Crippen LogP contribution in [0.15, 0.2) is 30.6 Å². The molecule has 0 saturated carbocycles. The summed E-state index contributed by atoms with van der Waals surface area (Å²) in [6.07, 6.45) is 6.22. The van der Waals surface area contributed by atoms with Gasteiger partial charge in [-0.25, -0.2) is 9.97 Å². The van der Waals surface area contributed by atoms with Crippen molar-refractivity contribution >= 4 is 5.82 Å². The molecule has 1 aliphatic heterocycles. The van der Waals surface area contributed by atoms with Gasteiger partial charge >= 0.3 is 0 Å². The van der Waals surface area contributed by atoms with Crippen LogP contribution in [0.25, 0.3) is 0 Å². The molecule has 0 aromatic carbocycles. The summed E-state index contributed by atoms with van der Waals surface area (Å²) < 4.78 is 0. The number of pyridine rings is 1. The molecular formula is C21H31N5. The molecule has 0 unspecified atom stereocenters. The minimum absolute atomic E-state index is 0.426. The number of aryl methyl sites for hydroxylation is 1. The highest BCUT2D eigenvalue weighted by molar-refractivity contribution is 5.41. The minimum Gasteiger partial charge on any atom is -0.355 e. The number of hydrogen-bond donors (Lipinski definition) is 0. The largest absolute Gasteiger partial charge is 0.355 e. The van der Waals surface area contributed by atoms with Gasteiger partial charge in [-0.15, -0.1) is 0 Å². The van der Waals surface area contributed by atoms with Gasteiger partial charge < -0.3 is 4.90 Å². The van der Waals surface area contributed by atoms with Crippen LogP contribution in [-0.4, -0.2) is 45.5 Å². The third-order valence-corrected chi connectivity index (χ3v) is 5.21. The molecule has 1 fully saturated rings. The molecule has 2 aromatic heterocycles. The number of anilines is 1. The summed E-state index contributed by atoms with van der Waals surface area (Å²) in [5.41, 5.74) is 2.47. The monoisotopic (exact) mass is 353 g/mol. The first kappa shape index (κ1) is 18.8. The third kappa shape index (κ3) is 4.58. The summed E-state index contributed by atoms with van der Waals surface area (Å²) in [5, 5.41) is 0. The second-order valence-corrected chi connectivity index (χ2v) is 7.51. The first-order valence-corrected chi connectivity index (χ1v) is 9.80. The van der Waals surface area contributed by atoms with E-state index in [0.717, 1.165) is 43.5 Å². The smallest absolute Gasteiger partial charge is 0.132 e. The lowest BCUT2D eigenvalue weighted by atomic mass is 10.0. The van der Waals surface area contributed by atoms with E-state index in [-0.39, 0.29) is 0 Å². The number of hydrogen-bond acceptors (Lipinski definition) is 5. The van der Waals surface area contributed by atoms with Crippen molar-refractivity contribution in [2.75, 3.05) is 24.5 Å². The maximum Gasteiger partial charge on any atom is 0.132 e. The van der Waals surface area contributed by atoms with E-state index in [1.54, 1.807) is 0 Å². The van der Waals surface area contributed by atoms with Crippen LogP contribution in [0.5, 0.6) is 0 Å². The zero-order valence-corrected chi connectivity index (χ0v) is 16.5. The Morgan fingerprint density at radius 2 is 2.00 bits per heavy atom. The first-order chi connectivity index (χ1) is 12.6. The third-order valence-electron chi connectivity index (χ3n) is 5.21. The topological polar surface area (TPSA) is 45.2 Å². The van der Waals surface area contributed by atoms with Gasteiger partial charge in [0.15, 0.2) is 0 Å². The fourth-order valence-electron chi connectivity index (χ4n) is 3.71. The lowest BCUT2D eigenvalue weighted by Gasteiger charge is -2.39. The van der Waals surface area contributed by atoms with Crippen molar-refractivity contribution in [3.05, 3.63) is 47.7 Å². The molecule has 0 bridgehead atoms. The van der Waals surface area contributed by atoms with Crippen molar-refractivity contribution in [3.63, 3.8) is 0 Å². The second-order valence-electron chi connectivity index (χ2n) is 7.51. The van der Waals surface area contributed by atoms with Crippen LogP contribution in [0.2, 0.25) is 0 Å². The summed E-state index contributed by atoms with van der Waals surface area (Å²) in [4.78, 5) is 18.5. The normalized spacial score (nSPS) is 17.9. The van der Waals surface area contributed by atoms with E-state index in [1.807, 2.05) is 19.3 Å². The molecule has 0 amide bonds. The Morgan fingerprint density at radius 1 is 1.23 bits per heavy atom. The highest BCUT2D eigenvalue weighted by Crippen LogP contribution is 2.24. The Hall–Kier alpha value is -2.01. The van der Waals surface area contributed by atoms with E-state index in [1.165, 1.54) is 18.4 Å². The Labute approximate surface area is 157 Å². The fourth-order valence-corrected chi connectivity index (χ4v) is 3.71. The van der Waals surface area contributed by atoms with Crippen LogP contribution < -0.4 is 4.90 Å². The molecule has 26 heavy (non-hydrogen) atoms. The van der Waals surface area contributed by atoms with E-state index in [4.69, 9.17) is 4.98 Å². The van der Waals surface area contributed by atoms with Crippen LogP contribution in [0.4, 0.5) is 5.82 Å². The lowest BCUT2D eigenvalue weighted by molar-refractivity contribution is 0.176. The summed E-state index contributed by atoms with van der Waals surface area (Å²) in [6.45, 7) is 12.8. The van der Waals surface area contributed by atoms with Crippen molar-refractivity contribution in [2.24, 2.45) is 0 Å². The highest BCUT2D eigenvalue weighted by Gasteiger charge is 2.26. The molecular weight excluding hydrogens is 322 g/mol. The number of likely N-dealkylation sites (N-methyl/N-ethyl adjacent to an activating group) is 1. The van der Waals surface area contributed by atoms with E-state index < -0.39 is 0 Å². The van der Waals surface area contributed by atoms with Gasteiger partial charge in [0.05, 0.1) is 0 Å². The maximum absolute atomic E-state index is 4.73. The quantitative estimate of drug-likeness (QED) is 0.790. The molecule has 0 radical (unpaired) electrons. The first-order valence-electron chi connectivity index (χ1n) is 9.80. The van der Waals surface area contributed by atoms with Crippen LogP contribution >= 0.6 is 0 Å². The molecule has 1 aliphatic rings. The Bertz CT molecular complexity index is 701. The van der Waals surface area contributed by atoms with Gasteiger partial charge in [0.2, 0.25) is 0 Å². The molecule has 3 rings (SSSR count). The average molecular weight is 354 g/mol. The zero-order valence-electron chi connectivity index (χ0n) is 16.5. The van der Waals surface area contributed by atoms with Crippen molar-refractivity contribution in [1.29, 1.82) is 0 Å². The summed E-state index contributed by atoms with van der Waals surface area (Å²) in [5.74, 6) is 2.39. The Morgan fingerprint density at radius 3 is 2.69 bits per heavy atom. The standard InChI is InChI=1S/C21H31N5/c1-5-25(14-18-8-10-22-11-9-18)19-7-6-12-26(15-19)21-13-20(16(2)3)23-17(4)24-21/h8-11,13,16,19H,5-7,12,14-15H2,1-4H3/t19-/m0/s1. The molecule has 1 saturated heterocycles. The van der Waals surface area contributed by atoms with Crippen LogP contribution in [0.3, 0.4) is 0 Å². The van der Waals surface area contributed by atoms with E-state index >= 15 is 0 Å². The van der Waals surface area contributed by atoms with Gasteiger partial charge in [-0.1, -0.05) is 20.8 Å². The predicted molar refractivity (Wildman–Crippen MR) is 106 cm³/mol. The van der Waals surface area contributed by atoms with Crippen LogP contribution in [-0.2, 0) is 6.54 Å². The van der Waals surface area contributed by atoms with Gasteiger partial charge in [-0.05, 0) is 49.9 Å². The van der Waals surface area contributed by atoms with Crippen molar-refractivity contribution in [2.45, 2.75) is 59.0 Å². The van der Waals surface area contributed by atoms with E-state index in [0.29, 0.717) is 12.0 Å². The molecule has 0 spiro atoms. The highest BCUT2D eigenvalue weighted by atomic mass is 15.3. The molecule has 5 heteroatoms. The Balaban J connectivity index is 1.74. The minimum atomic E-state index is 0.426. The van der Waals surface area contributed by atoms with E-state index in [2.05, 4.69) is 58.7 Å². The van der Waals surface area contributed by atoms with Crippen LogP contribution in [0.1, 0.15) is 56.6 Å². The lowest BCUT2D eigenvalue weighted by Crippen LogP contribution is -2.48. The molecule has 0 N–H and O–H groups in total. The summed E-state index contributed by atoms with van der Waals surface area (Å²) >= 11 is 0. The zero-order chi connectivity index (χ0) is 18.5. The number of nitrogens with zero attached hydrogens (tertiary/aromatic N) is 5. The summed E-state index contributed by atoms with van der Waals surface area (Å²) in [7, 11) is 0. The molecule has 0 aliphatic carbocycles. The molecule has 5 nitrogen and oxygen atoms in total. The van der Waals surface area contributed by atoms with Gasteiger partial charge in [0, 0.05) is 49.8 Å². The number of rotatable bonds is 6. The molecule has 2 aromatic rings. The van der Waals surface area contributed by atoms with Crippen molar-refractivity contribution in [1.82, 2.24) is 19.9 Å². The SMILES string of the molecule is CCN(Cc1ccncc1)[C@H]1CCCN(c2cc(C(C)C)nc(C)n2)C1. The molecule has 3 heterocycles. The summed E-state index contributed by atoms with van der Waals surface area (Å²) in [6, 6.07) is 6.97. The second kappa shape index (κ2) is 8.58. The maximum atomic E-state index is 4.73.